The average molecular weight is 840 g/mol. The van der Waals surface area contributed by atoms with Crippen LogP contribution in [0.3, 0.4) is 0 Å². The summed E-state index contributed by atoms with van der Waals surface area (Å²) in [7, 11) is 0. The molecule has 12 rings (SSSR count). The second-order valence-electron chi connectivity index (χ2n) is 17.2. The lowest BCUT2D eigenvalue weighted by molar-refractivity contribution is 0.768. The van der Waals surface area contributed by atoms with Crippen molar-refractivity contribution in [1.29, 1.82) is 0 Å². The predicted molar refractivity (Wildman–Crippen MR) is 278 cm³/mol. The van der Waals surface area contributed by atoms with Crippen LogP contribution in [0, 0.1) is 0 Å². The first-order valence-electron chi connectivity index (χ1n) is 22.8. The number of nitrogens with zero attached hydrogens (tertiary/aromatic N) is 1. The number of fused-ring (bicyclic) bond motifs is 4. The van der Waals surface area contributed by atoms with Gasteiger partial charge in [0.25, 0.3) is 0 Å². The highest BCUT2D eigenvalue weighted by Gasteiger charge is 2.46. The fraction of sp³-hybridized carbons (Fsp3) is 0.0154. The maximum absolute atomic E-state index is 2.46. The van der Waals surface area contributed by atoms with Gasteiger partial charge in [-0.1, -0.05) is 224 Å². The lowest BCUT2D eigenvalue weighted by atomic mass is 9.67. The fourth-order valence-corrected chi connectivity index (χ4v) is 10.5. The molecule has 0 radical (unpaired) electrons. The van der Waals surface area contributed by atoms with Crippen LogP contribution in [-0.4, -0.2) is 0 Å². The molecule has 0 unspecified atom stereocenters. The van der Waals surface area contributed by atoms with Crippen LogP contribution in [0.25, 0.3) is 66.4 Å². The van der Waals surface area contributed by atoms with Gasteiger partial charge in [0.05, 0.1) is 5.41 Å². The zero-order chi connectivity index (χ0) is 43.9. The summed E-state index contributed by atoms with van der Waals surface area (Å²) < 4.78 is 0. The van der Waals surface area contributed by atoms with Gasteiger partial charge in [0.1, 0.15) is 0 Å². The Morgan fingerprint density at radius 1 is 0.242 bits per heavy atom. The largest absolute Gasteiger partial charge is 0.310 e. The van der Waals surface area contributed by atoms with Crippen LogP contribution in [0.5, 0.6) is 0 Å². The lowest BCUT2D eigenvalue weighted by Crippen LogP contribution is -2.28. The molecule has 0 amide bonds. The molecule has 1 aliphatic carbocycles. The Kier molecular flexibility index (Phi) is 9.81. The first-order chi connectivity index (χ1) is 32.7. The quantitative estimate of drug-likeness (QED) is 0.140. The minimum Gasteiger partial charge on any atom is -0.310 e. The summed E-state index contributed by atoms with van der Waals surface area (Å²) in [5, 5.41) is 2.50. The van der Waals surface area contributed by atoms with Gasteiger partial charge in [-0.2, -0.15) is 0 Å². The third-order valence-corrected chi connectivity index (χ3v) is 13.5. The minimum absolute atomic E-state index is 0.528. The van der Waals surface area contributed by atoms with Crippen molar-refractivity contribution in [3.05, 3.63) is 295 Å². The maximum atomic E-state index is 2.46. The smallest absolute Gasteiger partial charge is 0.0714 e. The molecule has 0 N–H and O–H groups in total. The Morgan fingerprint density at radius 2 is 0.667 bits per heavy atom. The highest BCUT2D eigenvalue weighted by atomic mass is 15.1. The minimum atomic E-state index is -0.528. The summed E-state index contributed by atoms with van der Waals surface area (Å²) in [6.07, 6.45) is 0. The third-order valence-electron chi connectivity index (χ3n) is 13.5. The van der Waals surface area contributed by atoms with Gasteiger partial charge in [0.2, 0.25) is 0 Å². The molecule has 0 heterocycles. The molecular weight excluding hydrogens is 795 g/mol. The Balaban J connectivity index is 1.05. The molecule has 0 spiro atoms. The normalized spacial score (nSPS) is 12.4. The van der Waals surface area contributed by atoms with Crippen molar-refractivity contribution >= 4 is 27.8 Å². The van der Waals surface area contributed by atoms with Gasteiger partial charge in [0.15, 0.2) is 0 Å². The molecule has 1 nitrogen and oxygen atoms in total. The van der Waals surface area contributed by atoms with Crippen LogP contribution >= 0.6 is 0 Å². The second kappa shape index (κ2) is 16.6. The maximum Gasteiger partial charge on any atom is 0.0714 e. The van der Waals surface area contributed by atoms with E-state index in [1.54, 1.807) is 0 Å². The molecule has 0 saturated heterocycles. The van der Waals surface area contributed by atoms with Crippen LogP contribution in [-0.2, 0) is 5.41 Å². The topological polar surface area (TPSA) is 3.24 Å². The van der Waals surface area contributed by atoms with E-state index in [1.807, 2.05) is 0 Å². The van der Waals surface area contributed by atoms with Crippen molar-refractivity contribution in [2.45, 2.75) is 5.41 Å². The van der Waals surface area contributed by atoms with Crippen LogP contribution < -0.4 is 4.90 Å². The van der Waals surface area contributed by atoms with Crippen molar-refractivity contribution in [2.24, 2.45) is 0 Å². The van der Waals surface area contributed by atoms with Gasteiger partial charge in [-0.05, 0) is 137 Å². The van der Waals surface area contributed by atoms with Gasteiger partial charge in [-0.15, -0.1) is 0 Å². The van der Waals surface area contributed by atoms with E-state index in [1.165, 1.54) is 77.5 Å². The molecular formula is C65H45N. The highest BCUT2D eigenvalue weighted by Crippen LogP contribution is 2.57. The van der Waals surface area contributed by atoms with E-state index < -0.39 is 5.41 Å². The molecule has 0 atom stereocenters. The van der Waals surface area contributed by atoms with Gasteiger partial charge in [0, 0.05) is 17.1 Å². The van der Waals surface area contributed by atoms with Crippen LogP contribution in [0.2, 0.25) is 0 Å². The Bertz CT molecular complexity index is 3490. The van der Waals surface area contributed by atoms with Gasteiger partial charge >= 0.3 is 0 Å². The molecule has 0 aliphatic heterocycles. The number of hydrogen-bond acceptors (Lipinski definition) is 1. The van der Waals surface area contributed by atoms with Crippen LogP contribution in [0.1, 0.15) is 22.3 Å². The fourth-order valence-electron chi connectivity index (χ4n) is 10.5. The lowest BCUT2D eigenvalue weighted by Gasteiger charge is -2.35. The van der Waals surface area contributed by atoms with Crippen LogP contribution in [0.4, 0.5) is 17.1 Å². The Morgan fingerprint density at radius 3 is 1.33 bits per heavy atom. The molecule has 0 aromatic heterocycles. The van der Waals surface area contributed by atoms with E-state index in [4.69, 9.17) is 0 Å². The summed E-state index contributed by atoms with van der Waals surface area (Å²) >= 11 is 0. The van der Waals surface area contributed by atoms with E-state index in [-0.39, 0.29) is 0 Å². The number of rotatable bonds is 9. The molecule has 0 saturated carbocycles. The van der Waals surface area contributed by atoms with Crippen molar-refractivity contribution in [3.8, 4) is 55.6 Å². The summed E-state index contributed by atoms with van der Waals surface area (Å²) in [5.74, 6) is 0. The highest BCUT2D eigenvalue weighted by molar-refractivity contribution is 5.97. The zero-order valence-electron chi connectivity index (χ0n) is 36.4. The molecule has 310 valence electrons. The summed E-state index contributed by atoms with van der Waals surface area (Å²) in [4.78, 5) is 2.45. The molecule has 66 heavy (non-hydrogen) atoms. The molecule has 0 fully saturated rings. The van der Waals surface area contributed by atoms with Crippen molar-refractivity contribution in [3.63, 3.8) is 0 Å². The first kappa shape index (κ1) is 39.1. The average Bonchev–Trinajstić information content (AvgIpc) is 3.70. The van der Waals surface area contributed by atoms with E-state index in [9.17, 15) is 0 Å². The zero-order valence-corrected chi connectivity index (χ0v) is 36.4. The predicted octanol–water partition coefficient (Wildman–Crippen LogP) is 17.3. The van der Waals surface area contributed by atoms with E-state index in [0.717, 1.165) is 28.2 Å². The summed E-state index contributed by atoms with van der Waals surface area (Å²) in [5.41, 5.74) is 19.8. The number of anilines is 3. The standard InChI is InChI=1S/C65H45N/c1-4-19-46(20-5-1)48-23-14-24-49(41-48)51-26-16-33-56(43-51)66(57-34-17-27-52(44-57)50-25-15-28-53(42-50)60-37-18-22-47-21-10-11-35-59(47)60)58-39-40-62-61-36-12-13-38-63(61)65(64(62)45-58,54-29-6-2-7-30-54)55-31-8-3-9-32-55/h1-45H. The molecule has 1 aliphatic rings. The molecule has 11 aromatic rings. The third kappa shape index (κ3) is 6.73. The molecule has 1 heteroatoms. The van der Waals surface area contributed by atoms with Gasteiger partial charge in [-0.25, -0.2) is 0 Å². The van der Waals surface area contributed by atoms with Crippen molar-refractivity contribution < 1.29 is 0 Å². The van der Waals surface area contributed by atoms with E-state index >= 15 is 0 Å². The van der Waals surface area contributed by atoms with Crippen molar-refractivity contribution in [1.82, 2.24) is 0 Å². The van der Waals surface area contributed by atoms with E-state index in [0.29, 0.717) is 0 Å². The molecule has 11 aromatic carbocycles. The van der Waals surface area contributed by atoms with Gasteiger partial charge in [-0.3, -0.25) is 0 Å². The summed E-state index contributed by atoms with van der Waals surface area (Å²) in [6.45, 7) is 0. The first-order valence-corrected chi connectivity index (χ1v) is 22.8. The van der Waals surface area contributed by atoms with Crippen LogP contribution in [0.15, 0.2) is 273 Å². The van der Waals surface area contributed by atoms with E-state index in [2.05, 4.69) is 278 Å². The summed E-state index contributed by atoms with van der Waals surface area (Å²) in [6, 6.07) is 100. The second-order valence-corrected chi connectivity index (χ2v) is 17.2. The number of hydrogen-bond donors (Lipinski definition) is 0. The number of benzene rings is 11. The SMILES string of the molecule is c1ccc(-c2cccc(-c3cccc(N(c4cccc(-c5cccc(-c6cccc7ccccc67)c5)c4)c4ccc5c(c4)C(c4ccccc4)(c4ccccc4)c4ccccc4-5)c3)c2)cc1. The Labute approximate surface area is 387 Å². The monoisotopic (exact) mass is 839 g/mol. The van der Waals surface area contributed by atoms with Crippen molar-refractivity contribution in [2.75, 3.05) is 4.90 Å². The van der Waals surface area contributed by atoms with Gasteiger partial charge < -0.3 is 4.90 Å². The Hall–Kier alpha value is -8.52. The molecule has 0 bridgehead atoms.